The lowest BCUT2D eigenvalue weighted by atomic mass is 9.76. The van der Waals surface area contributed by atoms with E-state index in [2.05, 4.69) is 20.8 Å². The Morgan fingerprint density at radius 2 is 1.82 bits per heavy atom. The predicted octanol–water partition coefficient (Wildman–Crippen LogP) is 1.91. The number of nitrogens with zero attached hydrogens (tertiary/aromatic N) is 2. The summed E-state index contributed by atoms with van der Waals surface area (Å²) in [6, 6.07) is 0. The van der Waals surface area contributed by atoms with Gasteiger partial charge in [0.15, 0.2) is 0 Å². The lowest BCUT2D eigenvalue weighted by Gasteiger charge is -2.46. The Morgan fingerprint density at radius 1 is 1.23 bits per heavy atom. The molecule has 5 heteroatoms. The first kappa shape index (κ1) is 17.0. The molecule has 3 amide bonds. The molecule has 0 aromatic carbocycles. The average molecular weight is 308 g/mol. The first-order valence-electron chi connectivity index (χ1n) is 8.23. The lowest BCUT2D eigenvalue weighted by molar-refractivity contribution is -0.143. The van der Waals surface area contributed by atoms with Gasteiger partial charge >= 0.3 is 0 Å². The van der Waals surface area contributed by atoms with Gasteiger partial charge in [-0.25, -0.2) is 0 Å². The third-order valence-electron chi connectivity index (χ3n) is 5.09. The Morgan fingerprint density at radius 3 is 2.27 bits per heavy atom. The smallest absolute Gasteiger partial charge is 0.233 e. The van der Waals surface area contributed by atoms with Gasteiger partial charge in [0.2, 0.25) is 17.7 Å². The summed E-state index contributed by atoms with van der Waals surface area (Å²) in [5.41, 5.74) is 0.224. The molecule has 0 aliphatic carbocycles. The van der Waals surface area contributed by atoms with Gasteiger partial charge in [-0.1, -0.05) is 34.6 Å². The molecule has 2 heterocycles. The van der Waals surface area contributed by atoms with Crippen LogP contribution in [0.5, 0.6) is 0 Å². The summed E-state index contributed by atoms with van der Waals surface area (Å²) in [6.45, 7) is 12.3. The zero-order valence-electron chi connectivity index (χ0n) is 14.4. The van der Waals surface area contributed by atoms with E-state index in [1.165, 1.54) is 4.90 Å². The lowest BCUT2D eigenvalue weighted by Crippen LogP contribution is -2.55. The van der Waals surface area contributed by atoms with E-state index in [0.717, 1.165) is 13.1 Å². The van der Waals surface area contributed by atoms with Gasteiger partial charge in [0.25, 0.3) is 0 Å². The van der Waals surface area contributed by atoms with Crippen LogP contribution in [0.25, 0.3) is 0 Å². The fraction of sp³-hybridized carbons (Fsp3) is 0.824. The number of imide groups is 1. The second-order valence-electron chi connectivity index (χ2n) is 8.05. The van der Waals surface area contributed by atoms with E-state index >= 15 is 0 Å². The molecule has 0 radical (unpaired) electrons. The summed E-state index contributed by atoms with van der Waals surface area (Å²) in [7, 11) is 0. The molecule has 0 saturated carbocycles. The Kier molecular flexibility index (Phi) is 4.64. The zero-order chi connectivity index (χ0) is 16.7. The van der Waals surface area contributed by atoms with E-state index < -0.39 is 0 Å². The largest absolute Gasteiger partial charge is 0.342 e. The van der Waals surface area contributed by atoms with Crippen molar-refractivity contribution in [2.45, 2.75) is 47.5 Å². The predicted molar refractivity (Wildman–Crippen MR) is 83.8 cm³/mol. The molecular formula is C17H28N2O3. The molecule has 2 aliphatic heterocycles. The van der Waals surface area contributed by atoms with E-state index in [4.69, 9.17) is 0 Å². The fourth-order valence-electron chi connectivity index (χ4n) is 3.06. The van der Waals surface area contributed by atoms with Crippen LogP contribution in [-0.2, 0) is 14.4 Å². The second kappa shape index (κ2) is 6.01. The number of hydrogen-bond acceptors (Lipinski definition) is 3. The Hall–Kier alpha value is -1.39. The zero-order valence-corrected chi connectivity index (χ0v) is 14.4. The fourth-order valence-corrected chi connectivity index (χ4v) is 3.06. The van der Waals surface area contributed by atoms with Crippen LogP contribution in [-0.4, -0.2) is 47.2 Å². The van der Waals surface area contributed by atoms with Crippen molar-refractivity contribution in [1.82, 2.24) is 9.80 Å². The van der Waals surface area contributed by atoms with Gasteiger partial charge in [0.1, 0.15) is 0 Å². The molecule has 1 unspecified atom stereocenters. The van der Waals surface area contributed by atoms with E-state index in [1.807, 2.05) is 18.7 Å². The summed E-state index contributed by atoms with van der Waals surface area (Å²) in [6.07, 6.45) is 0.541. The van der Waals surface area contributed by atoms with Crippen LogP contribution < -0.4 is 0 Å². The van der Waals surface area contributed by atoms with Crippen molar-refractivity contribution in [1.29, 1.82) is 0 Å². The monoisotopic (exact) mass is 308 g/mol. The maximum Gasteiger partial charge on any atom is 0.233 e. The molecule has 2 saturated heterocycles. The van der Waals surface area contributed by atoms with E-state index in [9.17, 15) is 14.4 Å². The van der Waals surface area contributed by atoms with E-state index in [1.54, 1.807) is 0 Å². The minimum absolute atomic E-state index is 0.0501. The molecule has 124 valence electrons. The normalized spacial score (nSPS) is 23.5. The topological polar surface area (TPSA) is 57.7 Å². The number of hydrogen-bond donors (Lipinski definition) is 0. The molecule has 0 N–H and O–H groups in total. The highest BCUT2D eigenvalue weighted by atomic mass is 16.2. The third kappa shape index (κ3) is 3.33. The second-order valence-corrected chi connectivity index (χ2v) is 8.05. The highest BCUT2D eigenvalue weighted by Crippen LogP contribution is 2.34. The van der Waals surface area contributed by atoms with Gasteiger partial charge in [0.05, 0.1) is 0 Å². The molecule has 0 aromatic heterocycles. The Labute approximate surface area is 133 Å². The quantitative estimate of drug-likeness (QED) is 0.746. The van der Waals surface area contributed by atoms with Crippen LogP contribution >= 0.6 is 0 Å². The number of carbonyl (C=O) groups is 3. The minimum Gasteiger partial charge on any atom is -0.342 e. The summed E-state index contributed by atoms with van der Waals surface area (Å²) in [5.74, 6) is 0.305. The minimum atomic E-state index is -0.211. The maximum absolute atomic E-state index is 12.2. The van der Waals surface area contributed by atoms with Crippen LogP contribution in [0.1, 0.15) is 47.5 Å². The van der Waals surface area contributed by atoms with Gasteiger partial charge in [0, 0.05) is 38.4 Å². The SMILES string of the molecule is CC(C)C1CC(=O)N(CCC(=O)N2CC(C(C)(C)C)C2)C1=O. The van der Waals surface area contributed by atoms with E-state index in [0.29, 0.717) is 12.3 Å². The van der Waals surface area contributed by atoms with Crippen molar-refractivity contribution in [2.75, 3.05) is 19.6 Å². The van der Waals surface area contributed by atoms with Gasteiger partial charge in [-0.15, -0.1) is 0 Å². The van der Waals surface area contributed by atoms with E-state index in [-0.39, 0.29) is 47.9 Å². The van der Waals surface area contributed by atoms with Crippen LogP contribution in [0.2, 0.25) is 0 Å². The highest BCUT2D eigenvalue weighted by Gasteiger charge is 2.41. The summed E-state index contributed by atoms with van der Waals surface area (Å²) in [5, 5.41) is 0. The van der Waals surface area contributed by atoms with Crippen molar-refractivity contribution in [2.24, 2.45) is 23.2 Å². The third-order valence-corrected chi connectivity index (χ3v) is 5.09. The molecule has 22 heavy (non-hydrogen) atoms. The molecule has 1 atom stereocenters. The number of amides is 3. The first-order valence-corrected chi connectivity index (χ1v) is 8.23. The van der Waals surface area contributed by atoms with Crippen LogP contribution in [0, 0.1) is 23.2 Å². The van der Waals surface area contributed by atoms with Crippen molar-refractivity contribution in [3.63, 3.8) is 0 Å². The number of likely N-dealkylation sites (tertiary alicyclic amines) is 2. The van der Waals surface area contributed by atoms with Crippen molar-refractivity contribution in [3.8, 4) is 0 Å². The maximum atomic E-state index is 12.2. The van der Waals surface area contributed by atoms with Crippen molar-refractivity contribution < 1.29 is 14.4 Å². The summed E-state index contributed by atoms with van der Waals surface area (Å²) in [4.78, 5) is 39.4. The van der Waals surface area contributed by atoms with Crippen LogP contribution in [0.3, 0.4) is 0 Å². The van der Waals surface area contributed by atoms with Crippen molar-refractivity contribution in [3.05, 3.63) is 0 Å². The van der Waals surface area contributed by atoms with Gasteiger partial charge in [-0.3, -0.25) is 19.3 Å². The van der Waals surface area contributed by atoms with Gasteiger partial charge in [-0.05, 0) is 17.3 Å². The van der Waals surface area contributed by atoms with Crippen molar-refractivity contribution >= 4 is 17.7 Å². The molecule has 0 spiro atoms. The molecule has 0 bridgehead atoms. The van der Waals surface area contributed by atoms with Gasteiger partial charge < -0.3 is 4.90 Å². The Balaban J connectivity index is 1.80. The average Bonchev–Trinajstić information content (AvgIpc) is 2.59. The molecule has 2 aliphatic rings. The molecule has 0 aromatic rings. The standard InChI is InChI=1S/C17H28N2O3/c1-11(2)13-8-15(21)19(16(13)22)7-6-14(20)18-9-12(10-18)17(3,4)5/h11-13H,6-10H2,1-5H3. The molecule has 5 nitrogen and oxygen atoms in total. The summed E-state index contributed by atoms with van der Waals surface area (Å²) < 4.78 is 0. The van der Waals surface area contributed by atoms with Crippen LogP contribution in [0.15, 0.2) is 0 Å². The summed E-state index contributed by atoms with van der Waals surface area (Å²) >= 11 is 0. The molecule has 2 fully saturated rings. The highest BCUT2D eigenvalue weighted by molar-refractivity contribution is 6.03. The molecule has 2 rings (SSSR count). The van der Waals surface area contributed by atoms with Crippen LogP contribution in [0.4, 0.5) is 0 Å². The van der Waals surface area contributed by atoms with Gasteiger partial charge in [-0.2, -0.15) is 0 Å². The Bertz CT molecular complexity index is 473. The molecular weight excluding hydrogens is 280 g/mol. The first-order chi connectivity index (χ1) is 10.1. The number of rotatable bonds is 4. The number of carbonyl (C=O) groups excluding carboxylic acids is 3.